The van der Waals surface area contributed by atoms with Crippen LogP contribution in [0.1, 0.15) is 35.3 Å². The van der Waals surface area contributed by atoms with Gasteiger partial charge >= 0.3 is 6.36 Å². The van der Waals surface area contributed by atoms with Gasteiger partial charge in [0.25, 0.3) is 5.91 Å². The van der Waals surface area contributed by atoms with Crippen molar-refractivity contribution in [2.24, 2.45) is 7.05 Å². The van der Waals surface area contributed by atoms with Crippen LogP contribution in [0.3, 0.4) is 0 Å². The van der Waals surface area contributed by atoms with E-state index >= 15 is 0 Å². The van der Waals surface area contributed by atoms with Crippen molar-refractivity contribution < 1.29 is 22.7 Å². The first-order chi connectivity index (χ1) is 14.8. The van der Waals surface area contributed by atoms with Crippen molar-refractivity contribution in [2.45, 2.75) is 38.2 Å². The van der Waals surface area contributed by atoms with Crippen molar-refractivity contribution >= 4 is 30.7 Å². The Hall–Kier alpha value is -2.78. The molecule has 0 bridgehead atoms. The van der Waals surface area contributed by atoms with E-state index in [1.807, 2.05) is 24.1 Å². The Morgan fingerprint density at radius 2 is 1.85 bits per heavy atom. The number of nitrogens with zero attached hydrogens (tertiary/aromatic N) is 4. The molecule has 11 heteroatoms. The number of ether oxygens (including phenoxy) is 1. The van der Waals surface area contributed by atoms with Crippen LogP contribution in [0.25, 0.3) is 11.3 Å². The van der Waals surface area contributed by atoms with Crippen LogP contribution < -0.4 is 4.74 Å². The third-order valence-corrected chi connectivity index (χ3v) is 5.26. The second-order valence-corrected chi connectivity index (χ2v) is 7.56. The highest BCUT2D eigenvalue weighted by atomic mass is 35.5. The Balaban J connectivity index is 0.00000193. The van der Waals surface area contributed by atoms with Gasteiger partial charge in [-0.3, -0.25) is 9.78 Å². The van der Waals surface area contributed by atoms with Gasteiger partial charge in [0.05, 0.1) is 12.0 Å². The van der Waals surface area contributed by atoms with Gasteiger partial charge in [0.2, 0.25) is 0 Å². The Labute approximate surface area is 201 Å². The largest absolute Gasteiger partial charge is 0.573 e. The maximum atomic E-state index is 13.0. The highest BCUT2D eigenvalue weighted by Crippen LogP contribution is 2.29. The number of aromatic nitrogens is 3. The first-order valence-electron chi connectivity index (χ1n) is 9.88. The molecule has 0 spiro atoms. The average Bonchev–Trinajstić information content (AvgIpc) is 3.11. The molecule has 1 aliphatic carbocycles. The van der Waals surface area contributed by atoms with Gasteiger partial charge in [-0.2, -0.15) is 0 Å². The van der Waals surface area contributed by atoms with E-state index in [9.17, 15) is 18.0 Å². The summed E-state index contributed by atoms with van der Waals surface area (Å²) in [7, 11) is 1.82. The molecule has 1 saturated carbocycles. The highest BCUT2D eigenvalue weighted by molar-refractivity contribution is 5.92. The monoisotopic (exact) mass is 502 g/mol. The maximum absolute atomic E-state index is 13.0. The maximum Gasteiger partial charge on any atom is 0.573 e. The lowest BCUT2D eigenvalue weighted by atomic mass is 9.90. The van der Waals surface area contributed by atoms with E-state index < -0.39 is 6.36 Å². The molecule has 1 fully saturated rings. The molecule has 0 radical (unpaired) electrons. The summed E-state index contributed by atoms with van der Waals surface area (Å²) in [5.74, 6) is -0.401. The van der Waals surface area contributed by atoms with Gasteiger partial charge in [0, 0.05) is 37.6 Å². The number of hydrogen-bond acceptors (Lipinski definition) is 4. The van der Waals surface area contributed by atoms with Gasteiger partial charge in [-0.15, -0.1) is 38.0 Å². The smallest absolute Gasteiger partial charge is 0.406 e. The van der Waals surface area contributed by atoms with E-state index in [2.05, 4.69) is 14.7 Å². The first-order valence-corrected chi connectivity index (χ1v) is 9.88. The van der Waals surface area contributed by atoms with Gasteiger partial charge in [-0.05, 0) is 61.2 Å². The van der Waals surface area contributed by atoms with Gasteiger partial charge < -0.3 is 14.2 Å². The van der Waals surface area contributed by atoms with Gasteiger partial charge in [0.15, 0.2) is 0 Å². The third kappa shape index (κ3) is 6.61. The Kier molecular flexibility index (Phi) is 8.74. The van der Waals surface area contributed by atoms with Crippen LogP contribution in [0, 0.1) is 0 Å². The Morgan fingerprint density at radius 1 is 1.15 bits per heavy atom. The molecule has 0 N–H and O–H groups in total. The molecule has 0 aliphatic heterocycles. The summed E-state index contributed by atoms with van der Waals surface area (Å²) in [5.41, 5.74) is 2.55. The number of rotatable bonds is 6. The number of imidazole rings is 1. The lowest BCUT2D eigenvalue weighted by molar-refractivity contribution is -0.274. The van der Waals surface area contributed by atoms with E-state index in [0.29, 0.717) is 23.5 Å². The molecule has 0 unspecified atom stereocenters. The van der Waals surface area contributed by atoms with E-state index in [4.69, 9.17) is 0 Å². The van der Waals surface area contributed by atoms with Gasteiger partial charge in [-0.25, -0.2) is 4.98 Å². The molecule has 6 nitrogen and oxygen atoms in total. The lowest BCUT2D eigenvalue weighted by Crippen LogP contribution is -2.43. The Morgan fingerprint density at radius 3 is 2.39 bits per heavy atom. The van der Waals surface area contributed by atoms with Gasteiger partial charge in [0.1, 0.15) is 11.4 Å². The summed E-state index contributed by atoms with van der Waals surface area (Å²) in [4.78, 5) is 23.4. The SMILES string of the molecule is Cl.Cl.Cn1cnc(C(=O)N(Cc2ccnc(-c3ccc(OC(F)(F)F)cc3)c2)C2CCC2)c1. The fourth-order valence-electron chi connectivity index (χ4n) is 3.49. The molecule has 0 atom stereocenters. The first kappa shape index (κ1) is 26.5. The number of carbonyl (C=O) groups is 1. The van der Waals surface area contributed by atoms with Crippen LogP contribution >= 0.6 is 24.8 Å². The number of halogens is 5. The topological polar surface area (TPSA) is 60.2 Å². The normalized spacial score (nSPS) is 13.3. The average molecular weight is 503 g/mol. The molecular formula is C22H23Cl2F3N4O2. The number of hydrogen-bond donors (Lipinski definition) is 0. The molecule has 33 heavy (non-hydrogen) atoms. The van der Waals surface area contributed by atoms with E-state index in [1.165, 1.54) is 24.3 Å². The summed E-state index contributed by atoms with van der Waals surface area (Å²) in [5, 5.41) is 0. The number of amides is 1. The zero-order valence-corrected chi connectivity index (χ0v) is 19.3. The molecule has 2 aromatic heterocycles. The fourth-order valence-corrected chi connectivity index (χ4v) is 3.49. The third-order valence-electron chi connectivity index (χ3n) is 5.26. The molecule has 1 amide bonds. The van der Waals surface area contributed by atoms with Crippen molar-refractivity contribution in [3.63, 3.8) is 0 Å². The van der Waals surface area contributed by atoms with Crippen LogP contribution in [-0.2, 0) is 13.6 Å². The molecule has 4 rings (SSSR count). The summed E-state index contributed by atoms with van der Waals surface area (Å²) in [6, 6.07) is 9.40. The summed E-state index contributed by atoms with van der Waals surface area (Å²) in [6.07, 6.45) is 3.21. The molecule has 3 aromatic rings. The summed E-state index contributed by atoms with van der Waals surface area (Å²) in [6.45, 7) is 0.408. The minimum Gasteiger partial charge on any atom is -0.406 e. The summed E-state index contributed by atoms with van der Waals surface area (Å²) < 4.78 is 42.7. The molecule has 1 aliphatic rings. The van der Waals surface area contributed by atoms with E-state index in [1.54, 1.807) is 23.3 Å². The predicted octanol–water partition coefficient (Wildman–Crippen LogP) is 5.42. The van der Waals surface area contributed by atoms with Crippen LogP contribution in [-0.4, -0.2) is 37.7 Å². The van der Waals surface area contributed by atoms with E-state index in [0.717, 1.165) is 24.8 Å². The number of carbonyl (C=O) groups excluding carboxylic acids is 1. The fraction of sp³-hybridized carbons (Fsp3) is 0.318. The molecule has 0 saturated heterocycles. The zero-order chi connectivity index (χ0) is 22.0. The number of alkyl halides is 3. The number of pyridine rings is 1. The van der Waals surface area contributed by atoms with Crippen molar-refractivity contribution in [3.05, 3.63) is 66.4 Å². The quantitative estimate of drug-likeness (QED) is 0.451. The standard InChI is InChI=1S/C22H21F3N4O2.2ClH/c1-28-13-20(27-14-28)21(30)29(17-3-2-4-17)12-15-9-10-26-19(11-15)16-5-7-18(8-6-16)31-22(23,24)25;;/h5-11,13-14,17H,2-4,12H2,1H3;2*1H. The van der Waals surface area contributed by atoms with Crippen LogP contribution in [0.2, 0.25) is 0 Å². The number of aryl methyl sites for hydroxylation is 1. The second-order valence-electron chi connectivity index (χ2n) is 7.56. The minimum absolute atomic E-state index is 0. The highest BCUT2D eigenvalue weighted by Gasteiger charge is 2.31. The van der Waals surface area contributed by atoms with Gasteiger partial charge in [-0.1, -0.05) is 0 Å². The van der Waals surface area contributed by atoms with Crippen molar-refractivity contribution in [1.29, 1.82) is 0 Å². The molecular weight excluding hydrogens is 480 g/mol. The van der Waals surface area contributed by atoms with Crippen molar-refractivity contribution in [1.82, 2.24) is 19.4 Å². The van der Waals surface area contributed by atoms with Crippen LogP contribution in [0.15, 0.2) is 55.1 Å². The zero-order valence-electron chi connectivity index (χ0n) is 17.7. The predicted molar refractivity (Wildman–Crippen MR) is 122 cm³/mol. The summed E-state index contributed by atoms with van der Waals surface area (Å²) >= 11 is 0. The van der Waals surface area contributed by atoms with E-state index in [-0.39, 0.29) is 42.5 Å². The minimum atomic E-state index is -4.73. The molecule has 2 heterocycles. The second kappa shape index (κ2) is 10.9. The Bertz CT molecular complexity index is 1070. The molecule has 1 aromatic carbocycles. The molecule has 178 valence electrons. The van der Waals surface area contributed by atoms with Crippen molar-refractivity contribution in [2.75, 3.05) is 0 Å². The lowest BCUT2D eigenvalue weighted by Gasteiger charge is -2.37. The van der Waals surface area contributed by atoms with Crippen LogP contribution in [0.5, 0.6) is 5.75 Å². The van der Waals surface area contributed by atoms with Crippen LogP contribution in [0.4, 0.5) is 13.2 Å². The van der Waals surface area contributed by atoms with Crippen molar-refractivity contribution in [3.8, 4) is 17.0 Å². The number of benzene rings is 1.